The molecule has 2 nitrogen and oxygen atoms in total. The second-order valence-corrected chi connectivity index (χ2v) is 3.47. The minimum atomic E-state index is 1.12. The molecule has 0 radical (unpaired) electrons. The number of rotatable bonds is 5. The Hall–Kier alpha value is -0.530. The van der Waals surface area contributed by atoms with Gasteiger partial charge in [-0.2, -0.15) is 0 Å². The highest BCUT2D eigenvalue weighted by atomic mass is 15.1. The van der Waals surface area contributed by atoms with E-state index in [9.17, 15) is 0 Å². The number of hydrogen-bond acceptors (Lipinski definition) is 0. The van der Waals surface area contributed by atoms with Gasteiger partial charge in [0.15, 0.2) is 0 Å². The topological polar surface area (TPSA) is 15.0 Å². The molecule has 0 bridgehead atoms. The van der Waals surface area contributed by atoms with Crippen LogP contribution in [-0.4, -0.2) is 31.1 Å². The number of nitrogens with zero attached hydrogens (tertiary/aromatic N) is 1. The summed E-state index contributed by atoms with van der Waals surface area (Å²) < 4.78 is 2.11. The Morgan fingerprint density at radius 2 is 1.83 bits per heavy atom. The van der Waals surface area contributed by atoms with Gasteiger partial charge in [-0.3, -0.25) is 9.89 Å². The first-order chi connectivity index (χ1) is 5.68. The average Bonchev–Trinajstić information content (AvgIpc) is 2.03. The van der Waals surface area contributed by atoms with Gasteiger partial charge in [0.05, 0.1) is 20.6 Å². The van der Waals surface area contributed by atoms with Crippen LogP contribution in [0.2, 0.25) is 0 Å². The Kier molecular flexibility index (Phi) is 6.82. The van der Waals surface area contributed by atoms with Gasteiger partial charge in [0.25, 0.3) is 0 Å². The molecule has 0 fully saturated rings. The molecule has 0 saturated carbocycles. The third-order valence-electron chi connectivity index (χ3n) is 2.08. The molecule has 0 rings (SSSR count). The second-order valence-electron chi connectivity index (χ2n) is 3.47. The summed E-state index contributed by atoms with van der Waals surface area (Å²) in [5.41, 5.74) is 0. The van der Waals surface area contributed by atoms with Gasteiger partial charge < -0.3 is 0 Å². The van der Waals surface area contributed by atoms with E-state index in [1.54, 1.807) is 0 Å². The summed E-state index contributed by atoms with van der Waals surface area (Å²) in [4.78, 5) is 0. The summed E-state index contributed by atoms with van der Waals surface area (Å²) >= 11 is 0. The molecule has 0 aromatic rings. The molecule has 0 aliphatic heterocycles. The van der Waals surface area contributed by atoms with Crippen molar-refractivity contribution in [1.29, 1.82) is 0 Å². The van der Waals surface area contributed by atoms with E-state index < -0.39 is 0 Å². The van der Waals surface area contributed by atoms with Crippen LogP contribution in [0, 0.1) is 0 Å². The van der Waals surface area contributed by atoms with Crippen molar-refractivity contribution in [2.45, 2.75) is 39.5 Å². The lowest BCUT2D eigenvalue weighted by molar-refractivity contribution is -0.467. The highest BCUT2D eigenvalue weighted by Crippen LogP contribution is 1.96. The van der Waals surface area contributed by atoms with Crippen molar-refractivity contribution in [3.05, 3.63) is 0 Å². The third kappa shape index (κ3) is 6.20. The molecule has 0 atom stereocenters. The molecular formula is C10H23N2+. The predicted molar refractivity (Wildman–Crippen MR) is 54.9 cm³/mol. The minimum Gasteiger partial charge on any atom is -0.279 e. The van der Waals surface area contributed by atoms with Gasteiger partial charge in [0, 0.05) is 6.92 Å². The van der Waals surface area contributed by atoms with Crippen molar-refractivity contribution in [2.75, 3.05) is 20.6 Å². The molecule has 0 aromatic carbocycles. The molecule has 0 spiro atoms. The largest absolute Gasteiger partial charge is 0.279 e. The monoisotopic (exact) mass is 171 g/mol. The molecule has 0 aliphatic carbocycles. The first kappa shape index (κ1) is 11.5. The molecule has 0 heterocycles. The van der Waals surface area contributed by atoms with Crippen molar-refractivity contribution in [3.8, 4) is 0 Å². The maximum Gasteiger partial charge on any atom is 0.241 e. The minimum absolute atomic E-state index is 1.12. The normalized spacial score (nSPS) is 9.67. The zero-order valence-corrected chi connectivity index (χ0v) is 8.98. The lowest BCUT2D eigenvalue weighted by Crippen LogP contribution is -2.28. The van der Waals surface area contributed by atoms with Gasteiger partial charge in [0.2, 0.25) is 5.84 Å². The average molecular weight is 171 g/mol. The Morgan fingerprint density at radius 1 is 1.17 bits per heavy atom. The molecule has 0 amide bonds. The highest BCUT2D eigenvalue weighted by Gasteiger charge is 1.97. The van der Waals surface area contributed by atoms with Crippen LogP contribution in [0.5, 0.6) is 0 Å². The third-order valence-corrected chi connectivity index (χ3v) is 2.08. The van der Waals surface area contributed by atoms with Crippen molar-refractivity contribution in [3.63, 3.8) is 0 Å². The van der Waals surface area contributed by atoms with E-state index >= 15 is 0 Å². The fourth-order valence-corrected chi connectivity index (χ4v) is 0.979. The first-order valence-corrected chi connectivity index (χ1v) is 4.93. The lowest BCUT2D eigenvalue weighted by atomic mass is 10.2. The second kappa shape index (κ2) is 7.14. The van der Waals surface area contributed by atoms with Crippen molar-refractivity contribution >= 4 is 5.84 Å². The first-order valence-electron chi connectivity index (χ1n) is 4.93. The summed E-state index contributed by atoms with van der Waals surface area (Å²) in [7, 11) is 4.13. The van der Waals surface area contributed by atoms with Gasteiger partial charge in [0.1, 0.15) is 0 Å². The van der Waals surface area contributed by atoms with Crippen LogP contribution in [0.1, 0.15) is 39.5 Å². The van der Waals surface area contributed by atoms with Crippen LogP contribution in [0.15, 0.2) is 0 Å². The van der Waals surface area contributed by atoms with E-state index in [2.05, 4.69) is 37.8 Å². The standard InChI is InChI=1S/C10H22N2/c1-5-6-7-8-9-11-10(2)12(3)4/h5-9H2,1-4H3/p+1. The Labute approximate surface area is 76.7 Å². The molecular weight excluding hydrogens is 148 g/mol. The van der Waals surface area contributed by atoms with Crippen LogP contribution >= 0.6 is 0 Å². The highest BCUT2D eigenvalue weighted by molar-refractivity contribution is 5.74. The molecule has 0 aliphatic rings. The molecule has 2 heteroatoms. The summed E-state index contributed by atoms with van der Waals surface area (Å²) in [5, 5.41) is 3.38. The van der Waals surface area contributed by atoms with Crippen molar-refractivity contribution in [1.82, 2.24) is 5.32 Å². The van der Waals surface area contributed by atoms with Crippen LogP contribution < -0.4 is 5.32 Å². The molecule has 72 valence electrons. The zero-order chi connectivity index (χ0) is 9.40. The van der Waals surface area contributed by atoms with E-state index in [0.29, 0.717) is 0 Å². The molecule has 0 saturated heterocycles. The molecule has 0 aromatic heterocycles. The van der Waals surface area contributed by atoms with E-state index in [1.165, 1.54) is 31.5 Å². The number of hydrogen-bond donors (Lipinski definition) is 1. The van der Waals surface area contributed by atoms with Crippen molar-refractivity contribution in [2.24, 2.45) is 0 Å². The SMILES string of the molecule is CCCCCCNC(C)=[N+](C)C. The summed E-state index contributed by atoms with van der Waals surface area (Å²) in [6.07, 6.45) is 5.32. The van der Waals surface area contributed by atoms with Gasteiger partial charge in [-0.05, 0) is 12.8 Å². The molecule has 1 N–H and O–H groups in total. The van der Waals surface area contributed by atoms with Gasteiger partial charge in [-0.15, -0.1) is 0 Å². The molecule has 0 unspecified atom stereocenters. The lowest BCUT2D eigenvalue weighted by Gasteiger charge is -2.01. The van der Waals surface area contributed by atoms with E-state index in [1.807, 2.05) is 0 Å². The fraction of sp³-hybridized carbons (Fsp3) is 0.900. The van der Waals surface area contributed by atoms with Gasteiger partial charge >= 0.3 is 0 Å². The Bertz CT molecular complexity index is 135. The van der Waals surface area contributed by atoms with Crippen molar-refractivity contribution < 1.29 is 4.58 Å². The smallest absolute Gasteiger partial charge is 0.241 e. The number of amidine groups is 1. The van der Waals surface area contributed by atoms with E-state index in [0.717, 1.165) is 6.54 Å². The van der Waals surface area contributed by atoms with Crippen LogP contribution in [-0.2, 0) is 0 Å². The Balaban J connectivity index is 3.26. The van der Waals surface area contributed by atoms with Crippen LogP contribution in [0.4, 0.5) is 0 Å². The number of nitrogens with one attached hydrogen (secondary N) is 1. The maximum atomic E-state index is 3.38. The van der Waals surface area contributed by atoms with E-state index in [-0.39, 0.29) is 0 Å². The van der Waals surface area contributed by atoms with Crippen LogP contribution in [0.3, 0.4) is 0 Å². The van der Waals surface area contributed by atoms with Gasteiger partial charge in [-0.25, -0.2) is 0 Å². The number of unbranched alkanes of at least 4 members (excludes halogenated alkanes) is 3. The van der Waals surface area contributed by atoms with Crippen LogP contribution in [0.25, 0.3) is 0 Å². The summed E-state index contributed by atoms with van der Waals surface area (Å²) in [6.45, 7) is 5.47. The van der Waals surface area contributed by atoms with Gasteiger partial charge in [-0.1, -0.05) is 19.8 Å². The fourth-order valence-electron chi connectivity index (χ4n) is 0.979. The maximum absolute atomic E-state index is 3.38. The predicted octanol–water partition coefficient (Wildman–Crippen LogP) is 1.85. The molecule has 12 heavy (non-hydrogen) atoms. The summed E-state index contributed by atoms with van der Waals surface area (Å²) in [6, 6.07) is 0. The summed E-state index contributed by atoms with van der Waals surface area (Å²) in [5.74, 6) is 1.26. The quantitative estimate of drug-likeness (QED) is 0.289. The Morgan fingerprint density at radius 3 is 2.33 bits per heavy atom. The zero-order valence-electron chi connectivity index (χ0n) is 8.98. The van der Waals surface area contributed by atoms with E-state index in [4.69, 9.17) is 0 Å².